The Balaban J connectivity index is 2.23. The molecule has 0 saturated carbocycles. The van der Waals surface area contributed by atoms with Gasteiger partial charge in [-0.15, -0.1) is 0 Å². The molecule has 0 aliphatic heterocycles. The Kier molecular flexibility index (Phi) is 3.62. The highest BCUT2D eigenvalue weighted by Crippen LogP contribution is 2.27. The van der Waals surface area contributed by atoms with Crippen molar-refractivity contribution in [2.24, 2.45) is 10.9 Å². The van der Waals surface area contributed by atoms with E-state index in [9.17, 15) is 0 Å². The van der Waals surface area contributed by atoms with Crippen LogP contribution in [0.15, 0.2) is 63.6 Å². The zero-order valence-electron chi connectivity index (χ0n) is 8.95. The van der Waals surface area contributed by atoms with Gasteiger partial charge in [0, 0.05) is 16.0 Å². The first-order chi connectivity index (χ1) is 8.29. The summed E-state index contributed by atoms with van der Waals surface area (Å²) in [6, 6.07) is 13.6. The number of amidine groups is 1. The Hall–Kier alpha value is -2.01. The summed E-state index contributed by atoms with van der Waals surface area (Å²) in [5.74, 6) is 0.0144. The third-order valence-electron chi connectivity index (χ3n) is 2.08. The fourth-order valence-corrected chi connectivity index (χ4v) is 2.16. The van der Waals surface area contributed by atoms with Gasteiger partial charge in [-0.05, 0) is 24.3 Å². The normalized spacial score (nSPS) is 11.4. The number of nitrogens with zero attached hydrogens (tertiary/aromatic N) is 2. The molecule has 0 saturated heterocycles. The molecule has 1 aromatic heterocycles. The second-order valence-electron chi connectivity index (χ2n) is 3.28. The first-order valence-electron chi connectivity index (χ1n) is 4.96. The minimum Gasteiger partial charge on any atom is -0.409 e. The maximum atomic E-state index is 8.58. The molecule has 0 aliphatic rings. The summed E-state index contributed by atoms with van der Waals surface area (Å²) < 4.78 is 0. The molecule has 0 radical (unpaired) electrons. The van der Waals surface area contributed by atoms with Crippen molar-refractivity contribution in [3.8, 4) is 0 Å². The highest BCUT2D eigenvalue weighted by Gasteiger charge is 2.03. The molecule has 4 nitrogen and oxygen atoms in total. The lowest BCUT2D eigenvalue weighted by Crippen LogP contribution is -2.14. The van der Waals surface area contributed by atoms with Crippen molar-refractivity contribution in [1.82, 2.24) is 4.98 Å². The zero-order chi connectivity index (χ0) is 12.1. The van der Waals surface area contributed by atoms with E-state index in [1.165, 1.54) is 0 Å². The molecule has 0 bridgehead atoms. The molecule has 0 atom stereocenters. The minimum absolute atomic E-state index is 0.0144. The van der Waals surface area contributed by atoms with Crippen LogP contribution in [0.4, 0.5) is 0 Å². The number of benzene rings is 1. The van der Waals surface area contributed by atoms with Crippen LogP contribution in [0.5, 0.6) is 0 Å². The lowest BCUT2D eigenvalue weighted by molar-refractivity contribution is 0.318. The van der Waals surface area contributed by atoms with Gasteiger partial charge >= 0.3 is 0 Å². The van der Waals surface area contributed by atoms with Crippen LogP contribution in [0.3, 0.4) is 0 Å². The molecule has 2 rings (SSSR count). The Labute approximate surface area is 103 Å². The topological polar surface area (TPSA) is 71.5 Å². The van der Waals surface area contributed by atoms with Crippen molar-refractivity contribution >= 4 is 17.6 Å². The van der Waals surface area contributed by atoms with Gasteiger partial charge in [-0.1, -0.05) is 35.1 Å². The van der Waals surface area contributed by atoms with Crippen LogP contribution in [0.25, 0.3) is 0 Å². The van der Waals surface area contributed by atoms with E-state index in [4.69, 9.17) is 10.9 Å². The molecule has 0 unspecified atom stereocenters. The van der Waals surface area contributed by atoms with Gasteiger partial charge < -0.3 is 10.9 Å². The van der Waals surface area contributed by atoms with Gasteiger partial charge in [-0.25, -0.2) is 0 Å². The van der Waals surface area contributed by atoms with Gasteiger partial charge in [-0.2, -0.15) is 0 Å². The maximum absolute atomic E-state index is 8.58. The highest BCUT2D eigenvalue weighted by molar-refractivity contribution is 7.99. The Morgan fingerprint density at radius 3 is 2.65 bits per heavy atom. The van der Waals surface area contributed by atoms with Gasteiger partial charge in [0.05, 0.1) is 0 Å². The van der Waals surface area contributed by atoms with Crippen molar-refractivity contribution in [2.75, 3.05) is 0 Å². The van der Waals surface area contributed by atoms with Crippen molar-refractivity contribution < 1.29 is 5.21 Å². The van der Waals surface area contributed by atoms with Crippen LogP contribution in [0, 0.1) is 0 Å². The van der Waals surface area contributed by atoms with Gasteiger partial charge in [0.15, 0.2) is 5.84 Å². The summed E-state index contributed by atoms with van der Waals surface area (Å²) in [6.07, 6.45) is 1.64. The third kappa shape index (κ3) is 2.98. The molecule has 0 amide bonds. The van der Waals surface area contributed by atoms with E-state index in [1.54, 1.807) is 24.0 Å². The molecule has 5 heteroatoms. The van der Waals surface area contributed by atoms with Crippen molar-refractivity contribution in [3.05, 3.63) is 54.4 Å². The molecule has 0 spiro atoms. The number of oxime groups is 1. The monoisotopic (exact) mass is 245 g/mol. The highest BCUT2D eigenvalue weighted by atomic mass is 32.2. The number of pyridine rings is 1. The molecule has 86 valence electrons. The summed E-state index contributed by atoms with van der Waals surface area (Å²) in [4.78, 5) is 6.14. The van der Waals surface area contributed by atoms with Crippen LogP contribution < -0.4 is 5.73 Å². The standard InChI is InChI=1S/C12H11N3OS/c13-12(15-16)11-8-10(6-7-14-11)17-9-4-2-1-3-5-9/h1-8,16H,(H2,13,15). The third-order valence-corrected chi connectivity index (χ3v) is 3.08. The molecule has 17 heavy (non-hydrogen) atoms. The molecule has 1 heterocycles. The second kappa shape index (κ2) is 5.36. The lowest BCUT2D eigenvalue weighted by Gasteiger charge is -2.03. The lowest BCUT2D eigenvalue weighted by atomic mass is 10.3. The zero-order valence-corrected chi connectivity index (χ0v) is 9.76. The SMILES string of the molecule is NC(=NO)c1cc(Sc2ccccc2)ccn1. The quantitative estimate of drug-likeness (QED) is 0.377. The number of aromatic nitrogens is 1. The maximum Gasteiger partial charge on any atom is 0.188 e. The molecule has 0 aliphatic carbocycles. The number of nitrogens with two attached hydrogens (primary N) is 1. The molecule has 3 N–H and O–H groups in total. The fourth-order valence-electron chi connectivity index (χ4n) is 1.29. The molecule has 2 aromatic rings. The Bertz CT molecular complexity index is 528. The van der Waals surface area contributed by atoms with Crippen LogP contribution in [-0.2, 0) is 0 Å². The van der Waals surface area contributed by atoms with Crippen LogP contribution in [0.1, 0.15) is 5.69 Å². The molecular weight excluding hydrogens is 234 g/mol. The van der Waals surface area contributed by atoms with Crippen LogP contribution in [-0.4, -0.2) is 16.0 Å². The fraction of sp³-hybridized carbons (Fsp3) is 0. The largest absolute Gasteiger partial charge is 0.409 e. The Morgan fingerprint density at radius 1 is 1.18 bits per heavy atom. The summed E-state index contributed by atoms with van der Waals surface area (Å²) in [5.41, 5.74) is 5.95. The van der Waals surface area contributed by atoms with Gasteiger partial charge in [0.2, 0.25) is 0 Å². The molecule has 1 aromatic carbocycles. The van der Waals surface area contributed by atoms with Crippen LogP contribution >= 0.6 is 11.8 Å². The van der Waals surface area contributed by atoms with E-state index in [-0.39, 0.29) is 5.84 Å². The molecular formula is C12H11N3OS. The van der Waals surface area contributed by atoms with E-state index >= 15 is 0 Å². The van der Waals surface area contributed by atoms with E-state index in [0.717, 1.165) is 9.79 Å². The van der Waals surface area contributed by atoms with Gasteiger partial charge in [0.25, 0.3) is 0 Å². The van der Waals surface area contributed by atoms with E-state index < -0.39 is 0 Å². The summed E-state index contributed by atoms with van der Waals surface area (Å²) in [5, 5.41) is 11.5. The number of hydrogen-bond acceptors (Lipinski definition) is 4. The Morgan fingerprint density at radius 2 is 1.94 bits per heavy atom. The summed E-state index contributed by atoms with van der Waals surface area (Å²) in [7, 11) is 0. The predicted octanol–water partition coefficient (Wildman–Crippen LogP) is 2.33. The summed E-state index contributed by atoms with van der Waals surface area (Å²) in [6.45, 7) is 0. The minimum atomic E-state index is 0.0144. The first-order valence-corrected chi connectivity index (χ1v) is 5.78. The predicted molar refractivity (Wildman–Crippen MR) is 67.3 cm³/mol. The van der Waals surface area contributed by atoms with Gasteiger partial charge in [-0.3, -0.25) is 4.98 Å². The number of rotatable bonds is 3. The second-order valence-corrected chi connectivity index (χ2v) is 4.42. The number of hydrogen-bond donors (Lipinski definition) is 2. The smallest absolute Gasteiger partial charge is 0.188 e. The van der Waals surface area contributed by atoms with Crippen molar-refractivity contribution in [1.29, 1.82) is 0 Å². The van der Waals surface area contributed by atoms with Crippen molar-refractivity contribution in [2.45, 2.75) is 9.79 Å². The first kappa shape index (κ1) is 11.5. The average Bonchev–Trinajstić information content (AvgIpc) is 2.39. The van der Waals surface area contributed by atoms with E-state index in [2.05, 4.69) is 10.1 Å². The van der Waals surface area contributed by atoms with Gasteiger partial charge in [0.1, 0.15) is 5.69 Å². The van der Waals surface area contributed by atoms with Crippen LogP contribution in [0.2, 0.25) is 0 Å². The summed E-state index contributed by atoms with van der Waals surface area (Å²) >= 11 is 1.60. The average molecular weight is 245 g/mol. The van der Waals surface area contributed by atoms with E-state index in [1.807, 2.05) is 36.4 Å². The van der Waals surface area contributed by atoms with E-state index in [0.29, 0.717) is 5.69 Å². The molecule has 0 fully saturated rings. The van der Waals surface area contributed by atoms with Crippen molar-refractivity contribution in [3.63, 3.8) is 0 Å².